The fourth-order valence-corrected chi connectivity index (χ4v) is 2.08. The normalized spacial score (nSPS) is 14.9. The van der Waals surface area contributed by atoms with Gasteiger partial charge >= 0.3 is 0 Å². The average Bonchev–Trinajstić information content (AvgIpc) is 3.17. The third kappa shape index (κ3) is 2.17. The Morgan fingerprint density at radius 2 is 2.18 bits per heavy atom. The van der Waals surface area contributed by atoms with Crippen LogP contribution in [0.15, 0.2) is 39.7 Å². The predicted octanol–water partition coefficient (Wildman–Crippen LogP) is 3.08. The van der Waals surface area contributed by atoms with Crippen LogP contribution in [-0.2, 0) is 0 Å². The van der Waals surface area contributed by atoms with Crippen molar-refractivity contribution in [1.82, 2.24) is 9.97 Å². The van der Waals surface area contributed by atoms with Gasteiger partial charge in [0.2, 0.25) is 0 Å². The minimum Gasteiger partial charge on any atom is -0.306 e. The van der Waals surface area contributed by atoms with Crippen molar-refractivity contribution in [3.05, 3.63) is 50.9 Å². The minimum atomic E-state index is -0.146. The number of aromatic nitrogens is 2. The lowest BCUT2D eigenvalue weighted by molar-refractivity contribution is 1.09. The van der Waals surface area contributed by atoms with Gasteiger partial charge in [0.05, 0.1) is 0 Å². The van der Waals surface area contributed by atoms with E-state index in [1.807, 2.05) is 12.1 Å². The number of hydrogen-bond acceptors (Lipinski definition) is 2. The highest BCUT2D eigenvalue weighted by atomic mass is 79.9. The summed E-state index contributed by atoms with van der Waals surface area (Å²) in [6, 6.07) is 8.24. The number of hydrogen-bond donors (Lipinski definition) is 1. The van der Waals surface area contributed by atoms with Gasteiger partial charge in [0.15, 0.2) is 0 Å². The standard InChI is InChI=1S/C13H11BrN2O/c14-11-7-15-12(16-13(11)17)10-3-1-2-9(6-10)8-4-5-8/h1-3,6-8H,4-5H2,(H,15,16,17). The third-order valence-electron chi connectivity index (χ3n) is 2.96. The largest absolute Gasteiger partial charge is 0.306 e. The first kappa shape index (κ1) is 10.7. The second-order valence-corrected chi connectivity index (χ2v) is 5.16. The van der Waals surface area contributed by atoms with E-state index in [1.165, 1.54) is 24.6 Å². The molecule has 0 unspecified atom stereocenters. The molecule has 1 aliphatic rings. The highest BCUT2D eigenvalue weighted by molar-refractivity contribution is 9.10. The van der Waals surface area contributed by atoms with E-state index in [0.29, 0.717) is 16.2 Å². The second kappa shape index (κ2) is 4.11. The molecule has 1 N–H and O–H groups in total. The summed E-state index contributed by atoms with van der Waals surface area (Å²) in [6.45, 7) is 0. The fraction of sp³-hybridized carbons (Fsp3) is 0.231. The summed E-state index contributed by atoms with van der Waals surface area (Å²) < 4.78 is 0.458. The maximum atomic E-state index is 11.5. The zero-order valence-electron chi connectivity index (χ0n) is 9.11. The van der Waals surface area contributed by atoms with Crippen molar-refractivity contribution >= 4 is 15.9 Å². The van der Waals surface area contributed by atoms with Crippen LogP contribution in [0.2, 0.25) is 0 Å². The second-order valence-electron chi connectivity index (χ2n) is 4.31. The highest BCUT2D eigenvalue weighted by Gasteiger charge is 2.23. The quantitative estimate of drug-likeness (QED) is 0.924. The van der Waals surface area contributed by atoms with Crippen molar-refractivity contribution in [3.63, 3.8) is 0 Å². The van der Waals surface area contributed by atoms with E-state index in [4.69, 9.17) is 0 Å². The van der Waals surface area contributed by atoms with Gasteiger partial charge in [-0.2, -0.15) is 0 Å². The van der Waals surface area contributed by atoms with Crippen LogP contribution in [0.5, 0.6) is 0 Å². The van der Waals surface area contributed by atoms with Gasteiger partial charge in [-0.05, 0) is 46.3 Å². The number of aromatic amines is 1. The SMILES string of the molecule is O=c1[nH]c(-c2cccc(C3CC3)c2)ncc1Br. The number of nitrogens with one attached hydrogen (secondary N) is 1. The fourth-order valence-electron chi connectivity index (χ4n) is 1.88. The van der Waals surface area contributed by atoms with Crippen LogP contribution in [0.25, 0.3) is 11.4 Å². The molecule has 3 nitrogen and oxygen atoms in total. The minimum absolute atomic E-state index is 0.146. The van der Waals surface area contributed by atoms with E-state index in [0.717, 1.165) is 5.56 Å². The number of halogens is 1. The summed E-state index contributed by atoms with van der Waals surface area (Å²) in [4.78, 5) is 18.5. The topological polar surface area (TPSA) is 45.8 Å². The highest BCUT2D eigenvalue weighted by Crippen LogP contribution is 2.40. The van der Waals surface area contributed by atoms with Gasteiger partial charge in [-0.3, -0.25) is 4.79 Å². The first-order chi connectivity index (χ1) is 8.24. The maximum absolute atomic E-state index is 11.5. The van der Waals surface area contributed by atoms with Crippen molar-refractivity contribution in [2.24, 2.45) is 0 Å². The Morgan fingerprint density at radius 1 is 1.35 bits per heavy atom. The van der Waals surface area contributed by atoms with Crippen LogP contribution in [-0.4, -0.2) is 9.97 Å². The van der Waals surface area contributed by atoms with E-state index in [9.17, 15) is 4.79 Å². The van der Waals surface area contributed by atoms with Gasteiger partial charge < -0.3 is 4.98 Å². The lowest BCUT2D eigenvalue weighted by atomic mass is 10.1. The molecule has 17 heavy (non-hydrogen) atoms. The van der Waals surface area contributed by atoms with Crippen molar-refractivity contribution < 1.29 is 0 Å². The number of nitrogens with zero attached hydrogens (tertiary/aromatic N) is 1. The summed E-state index contributed by atoms with van der Waals surface area (Å²) in [5.41, 5.74) is 2.17. The Labute approximate surface area is 107 Å². The molecule has 1 heterocycles. The molecule has 86 valence electrons. The Kier molecular flexibility index (Phi) is 2.59. The Morgan fingerprint density at radius 3 is 2.88 bits per heavy atom. The van der Waals surface area contributed by atoms with Gasteiger partial charge in [-0.25, -0.2) is 4.98 Å². The molecule has 1 fully saturated rings. The molecule has 2 aromatic rings. The molecule has 1 saturated carbocycles. The van der Waals surface area contributed by atoms with Gasteiger partial charge in [0.1, 0.15) is 10.3 Å². The van der Waals surface area contributed by atoms with Gasteiger partial charge in [0.25, 0.3) is 5.56 Å². The maximum Gasteiger partial charge on any atom is 0.265 e. The summed E-state index contributed by atoms with van der Waals surface area (Å²) in [5.74, 6) is 1.33. The van der Waals surface area contributed by atoms with Gasteiger partial charge in [-0.15, -0.1) is 0 Å². The summed E-state index contributed by atoms with van der Waals surface area (Å²) >= 11 is 3.14. The molecule has 0 spiro atoms. The zero-order chi connectivity index (χ0) is 11.8. The summed E-state index contributed by atoms with van der Waals surface area (Å²) in [5, 5.41) is 0. The molecule has 1 aliphatic carbocycles. The van der Waals surface area contributed by atoms with Crippen molar-refractivity contribution in [2.45, 2.75) is 18.8 Å². The van der Waals surface area contributed by atoms with Crippen molar-refractivity contribution in [3.8, 4) is 11.4 Å². The molecule has 1 aromatic carbocycles. The molecule has 0 atom stereocenters. The van der Waals surface area contributed by atoms with E-state index < -0.39 is 0 Å². The molecule has 0 amide bonds. The van der Waals surface area contributed by atoms with E-state index in [-0.39, 0.29) is 5.56 Å². The summed E-state index contributed by atoms with van der Waals surface area (Å²) in [7, 11) is 0. The lowest BCUT2D eigenvalue weighted by Gasteiger charge is -2.03. The van der Waals surface area contributed by atoms with Crippen LogP contribution in [0.1, 0.15) is 24.3 Å². The molecule has 0 bridgehead atoms. The molecule has 0 radical (unpaired) electrons. The van der Waals surface area contributed by atoms with Crippen molar-refractivity contribution in [1.29, 1.82) is 0 Å². The average molecular weight is 291 g/mol. The molecule has 3 rings (SSSR count). The molecule has 1 aromatic heterocycles. The van der Waals surface area contributed by atoms with Crippen LogP contribution in [0.4, 0.5) is 0 Å². The first-order valence-corrected chi connectivity index (χ1v) is 6.38. The number of H-pyrrole nitrogens is 1. The monoisotopic (exact) mass is 290 g/mol. The van der Waals surface area contributed by atoms with Crippen LogP contribution >= 0.6 is 15.9 Å². The molecule has 4 heteroatoms. The Balaban J connectivity index is 2.04. The summed E-state index contributed by atoms with van der Waals surface area (Å²) in [6.07, 6.45) is 4.08. The Hall–Kier alpha value is -1.42. The zero-order valence-corrected chi connectivity index (χ0v) is 10.7. The Bertz CT molecular complexity index is 617. The molecular formula is C13H11BrN2O. The third-order valence-corrected chi connectivity index (χ3v) is 3.53. The van der Waals surface area contributed by atoms with Crippen LogP contribution in [0.3, 0.4) is 0 Å². The number of benzene rings is 1. The molecular weight excluding hydrogens is 280 g/mol. The van der Waals surface area contributed by atoms with Gasteiger partial charge in [0, 0.05) is 11.8 Å². The van der Waals surface area contributed by atoms with Crippen LogP contribution in [0, 0.1) is 0 Å². The van der Waals surface area contributed by atoms with E-state index in [2.05, 4.69) is 38.0 Å². The number of rotatable bonds is 2. The van der Waals surface area contributed by atoms with Crippen LogP contribution < -0.4 is 5.56 Å². The molecule has 0 aliphatic heterocycles. The first-order valence-electron chi connectivity index (χ1n) is 5.59. The molecule has 0 saturated heterocycles. The van der Waals surface area contributed by atoms with Crippen molar-refractivity contribution in [2.75, 3.05) is 0 Å². The smallest absolute Gasteiger partial charge is 0.265 e. The van der Waals surface area contributed by atoms with E-state index in [1.54, 1.807) is 0 Å². The predicted molar refractivity (Wildman–Crippen MR) is 70.0 cm³/mol. The van der Waals surface area contributed by atoms with Gasteiger partial charge in [-0.1, -0.05) is 18.2 Å². The van der Waals surface area contributed by atoms with E-state index >= 15 is 0 Å². The lowest BCUT2D eigenvalue weighted by Crippen LogP contribution is -2.08.